The molecule has 0 atom stereocenters. The van der Waals surface area contributed by atoms with Gasteiger partial charge in [0.05, 0.1) is 5.39 Å². The number of hydrogen-bond donors (Lipinski definition) is 1. The second-order valence-electron chi connectivity index (χ2n) is 4.31. The fourth-order valence-electron chi connectivity index (χ4n) is 2.02. The molecule has 1 aromatic carbocycles. The predicted molar refractivity (Wildman–Crippen MR) is 75.2 cm³/mol. The molecule has 3 nitrogen and oxygen atoms in total. The normalized spacial score (nSPS) is 11.0. The molecule has 0 amide bonds. The molecule has 2 heterocycles. The highest BCUT2D eigenvalue weighted by atomic mass is 32.1. The van der Waals surface area contributed by atoms with E-state index in [9.17, 15) is 4.79 Å². The van der Waals surface area contributed by atoms with Gasteiger partial charge in [-0.1, -0.05) is 24.3 Å². The van der Waals surface area contributed by atoms with Crippen LogP contribution in [0.2, 0.25) is 0 Å². The van der Waals surface area contributed by atoms with E-state index in [1.54, 1.807) is 11.3 Å². The van der Waals surface area contributed by atoms with Gasteiger partial charge < -0.3 is 4.98 Å². The molecule has 1 N–H and O–H groups in total. The number of hydrogen-bond acceptors (Lipinski definition) is 3. The lowest BCUT2D eigenvalue weighted by atomic mass is 10.1. The largest absolute Gasteiger partial charge is 0.306 e. The summed E-state index contributed by atoms with van der Waals surface area (Å²) in [6, 6.07) is 9.80. The van der Waals surface area contributed by atoms with Crippen molar-refractivity contribution < 1.29 is 0 Å². The van der Waals surface area contributed by atoms with Crippen LogP contribution in [0.4, 0.5) is 0 Å². The van der Waals surface area contributed by atoms with Crippen molar-refractivity contribution in [1.82, 2.24) is 9.97 Å². The molecule has 0 saturated carbocycles. The van der Waals surface area contributed by atoms with Crippen LogP contribution in [-0.4, -0.2) is 9.97 Å². The zero-order chi connectivity index (χ0) is 12.7. The number of aromatic amines is 1. The molecule has 0 aliphatic carbocycles. The summed E-state index contributed by atoms with van der Waals surface area (Å²) >= 11 is 1.55. The minimum atomic E-state index is -0.0670. The number of fused-ring (bicyclic) bond motifs is 1. The van der Waals surface area contributed by atoms with Gasteiger partial charge in [-0.15, -0.1) is 11.3 Å². The highest BCUT2D eigenvalue weighted by molar-refractivity contribution is 7.18. The van der Waals surface area contributed by atoms with Crippen LogP contribution in [0.1, 0.15) is 10.4 Å². The number of benzene rings is 1. The Kier molecular flexibility index (Phi) is 2.52. The first-order valence-corrected chi connectivity index (χ1v) is 6.53. The number of thiophene rings is 1. The highest BCUT2D eigenvalue weighted by Crippen LogP contribution is 2.24. The summed E-state index contributed by atoms with van der Waals surface area (Å²) in [6.07, 6.45) is 0. The Morgan fingerprint density at radius 1 is 1.22 bits per heavy atom. The van der Waals surface area contributed by atoms with Crippen molar-refractivity contribution in [2.45, 2.75) is 13.8 Å². The maximum Gasteiger partial charge on any atom is 0.259 e. The number of nitrogens with one attached hydrogen (secondary N) is 1. The molecule has 0 fully saturated rings. The van der Waals surface area contributed by atoms with Crippen molar-refractivity contribution in [3.63, 3.8) is 0 Å². The van der Waals surface area contributed by atoms with Gasteiger partial charge in [-0.25, -0.2) is 4.98 Å². The van der Waals surface area contributed by atoms with Crippen LogP contribution >= 0.6 is 11.3 Å². The Bertz CT molecular complexity index is 786. The van der Waals surface area contributed by atoms with E-state index in [-0.39, 0.29) is 5.56 Å². The van der Waals surface area contributed by atoms with Gasteiger partial charge in [-0.05, 0) is 25.5 Å². The van der Waals surface area contributed by atoms with Gasteiger partial charge in [0, 0.05) is 10.4 Å². The van der Waals surface area contributed by atoms with E-state index in [1.807, 2.05) is 44.2 Å². The van der Waals surface area contributed by atoms with Crippen molar-refractivity contribution in [3.8, 4) is 11.4 Å². The molecule has 90 valence electrons. The Hall–Kier alpha value is -1.94. The summed E-state index contributed by atoms with van der Waals surface area (Å²) in [6.45, 7) is 4.00. The summed E-state index contributed by atoms with van der Waals surface area (Å²) < 4.78 is 0. The van der Waals surface area contributed by atoms with Gasteiger partial charge in [0.15, 0.2) is 0 Å². The standard InChI is InChI=1S/C14H12N2OS/c1-8-5-3-4-6-10(8)12-15-13(17)11-7-9(2)18-14(11)16-12/h3-7H,1-2H3,(H,15,16,17). The summed E-state index contributed by atoms with van der Waals surface area (Å²) in [7, 11) is 0. The van der Waals surface area contributed by atoms with Gasteiger partial charge >= 0.3 is 0 Å². The first kappa shape index (κ1) is 11.2. The fraction of sp³-hybridized carbons (Fsp3) is 0.143. The molecule has 3 rings (SSSR count). The highest BCUT2D eigenvalue weighted by Gasteiger charge is 2.09. The van der Waals surface area contributed by atoms with E-state index in [1.165, 1.54) is 0 Å². The van der Waals surface area contributed by atoms with Crippen LogP contribution in [-0.2, 0) is 0 Å². The minimum absolute atomic E-state index is 0.0670. The van der Waals surface area contributed by atoms with Crippen LogP contribution in [0.5, 0.6) is 0 Å². The summed E-state index contributed by atoms with van der Waals surface area (Å²) in [5.41, 5.74) is 2.01. The number of aryl methyl sites for hydroxylation is 2. The topological polar surface area (TPSA) is 45.8 Å². The van der Waals surface area contributed by atoms with Crippen molar-refractivity contribution in [2.24, 2.45) is 0 Å². The van der Waals surface area contributed by atoms with Gasteiger partial charge in [-0.2, -0.15) is 0 Å². The summed E-state index contributed by atoms with van der Waals surface area (Å²) in [5, 5.41) is 0.676. The smallest absolute Gasteiger partial charge is 0.259 e. The molecule has 0 aliphatic rings. The first-order valence-electron chi connectivity index (χ1n) is 5.71. The summed E-state index contributed by atoms with van der Waals surface area (Å²) in [4.78, 5) is 21.3. The van der Waals surface area contributed by atoms with E-state index in [0.717, 1.165) is 20.8 Å². The molecule has 3 aromatic rings. The van der Waals surface area contributed by atoms with E-state index < -0.39 is 0 Å². The molecule has 4 heteroatoms. The van der Waals surface area contributed by atoms with Crippen molar-refractivity contribution in [3.05, 3.63) is 51.1 Å². The Labute approximate surface area is 108 Å². The second-order valence-corrected chi connectivity index (χ2v) is 5.54. The Morgan fingerprint density at radius 2 is 2.00 bits per heavy atom. The van der Waals surface area contributed by atoms with Gasteiger partial charge in [-0.3, -0.25) is 4.79 Å². The van der Waals surface area contributed by atoms with Crippen LogP contribution < -0.4 is 5.56 Å². The maximum atomic E-state index is 12.0. The SMILES string of the molecule is Cc1cc2c(=O)[nH]c(-c3ccccc3C)nc2s1. The zero-order valence-corrected chi connectivity index (χ0v) is 11.0. The van der Waals surface area contributed by atoms with Crippen LogP contribution in [0.25, 0.3) is 21.6 Å². The fourth-order valence-corrected chi connectivity index (χ4v) is 2.90. The molecular formula is C14H12N2OS. The molecular weight excluding hydrogens is 244 g/mol. The number of aromatic nitrogens is 2. The van der Waals surface area contributed by atoms with Crippen LogP contribution in [0, 0.1) is 13.8 Å². The minimum Gasteiger partial charge on any atom is -0.306 e. The van der Waals surface area contributed by atoms with Gasteiger partial charge in [0.25, 0.3) is 5.56 Å². The zero-order valence-electron chi connectivity index (χ0n) is 10.2. The third-order valence-corrected chi connectivity index (χ3v) is 3.87. The molecule has 0 spiro atoms. The monoisotopic (exact) mass is 256 g/mol. The molecule has 0 bridgehead atoms. The average Bonchev–Trinajstić information content (AvgIpc) is 2.71. The quantitative estimate of drug-likeness (QED) is 0.726. The third kappa shape index (κ3) is 1.75. The average molecular weight is 256 g/mol. The molecule has 0 unspecified atom stereocenters. The lowest BCUT2D eigenvalue weighted by Gasteiger charge is -2.04. The van der Waals surface area contributed by atoms with E-state index in [4.69, 9.17) is 0 Å². The molecule has 18 heavy (non-hydrogen) atoms. The Balaban J connectivity index is 2.31. The van der Waals surface area contributed by atoms with E-state index >= 15 is 0 Å². The lowest BCUT2D eigenvalue weighted by molar-refractivity contribution is 1.18. The maximum absolute atomic E-state index is 12.0. The van der Waals surface area contributed by atoms with Crippen LogP contribution in [0.3, 0.4) is 0 Å². The predicted octanol–water partition coefficient (Wildman–Crippen LogP) is 3.27. The molecule has 0 aliphatic heterocycles. The first-order chi connectivity index (χ1) is 8.65. The number of H-pyrrole nitrogens is 1. The molecule has 0 saturated heterocycles. The van der Waals surface area contributed by atoms with Crippen molar-refractivity contribution >= 4 is 21.6 Å². The number of rotatable bonds is 1. The van der Waals surface area contributed by atoms with Crippen molar-refractivity contribution in [2.75, 3.05) is 0 Å². The molecule has 2 aromatic heterocycles. The third-order valence-electron chi connectivity index (χ3n) is 2.93. The number of nitrogens with zero attached hydrogens (tertiary/aromatic N) is 1. The van der Waals surface area contributed by atoms with E-state index in [0.29, 0.717) is 11.2 Å². The van der Waals surface area contributed by atoms with Crippen molar-refractivity contribution in [1.29, 1.82) is 0 Å². The molecule has 0 radical (unpaired) electrons. The second kappa shape index (κ2) is 4.07. The van der Waals surface area contributed by atoms with Crippen LogP contribution in [0.15, 0.2) is 35.1 Å². The van der Waals surface area contributed by atoms with Gasteiger partial charge in [0.1, 0.15) is 10.7 Å². The Morgan fingerprint density at radius 3 is 2.78 bits per heavy atom. The van der Waals surface area contributed by atoms with Gasteiger partial charge in [0.2, 0.25) is 0 Å². The lowest BCUT2D eigenvalue weighted by Crippen LogP contribution is -2.08. The van der Waals surface area contributed by atoms with E-state index in [2.05, 4.69) is 9.97 Å². The summed E-state index contributed by atoms with van der Waals surface area (Å²) in [5.74, 6) is 0.646.